The summed E-state index contributed by atoms with van der Waals surface area (Å²) in [6, 6.07) is 6.74. The SMILES string of the molecule is OCCN1CCCN(Cc2ccc(F)cc2)CC1. The van der Waals surface area contributed by atoms with Crippen LogP contribution in [0.5, 0.6) is 0 Å². The Morgan fingerprint density at radius 3 is 2.39 bits per heavy atom. The van der Waals surface area contributed by atoms with Crippen molar-refractivity contribution in [3.63, 3.8) is 0 Å². The molecule has 1 aliphatic heterocycles. The highest BCUT2D eigenvalue weighted by Gasteiger charge is 2.14. The van der Waals surface area contributed by atoms with Gasteiger partial charge in [0, 0.05) is 26.2 Å². The molecule has 1 heterocycles. The first kappa shape index (κ1) is 13.5. The Labute approximate surface area is 108 Å². The Balaban J connectivity index is 1.84. The number of β-amino-alcohol motifs (C(OH)–C–C–N with tert-alkyl or cyclic N) is 1. The molecule has 0 spiro atoms. The predicted octanol–water partition coefficient (Wildman–Crippen LogP) is 1.33. The highest BCUT2D eigenvalue weighted by atomic mass is 19.1. The van der Waals surface area contributed by atoms with Crippen LogP contribution in [0, 0.1) is 5.82 Å². The molecule has 0 unspecified atom stereocenters. The fourth-order valence-corrected chi connectivity index (χ4v) is 2.40. The lowest BCUT2D eigenvalue weighted by atomic mass is 10.2. The molecule has 0 bridgehead atoms. The van der Waals surface area contributed by atoms with Gasteiger partial charge >= 0.3 is 0 Å². The third kappa shape index (κ3) is 4.05. The van der Waals surface area contributed by atoms with Crippen LogP contribution in [0.3, 0.4) is 0 Å². The molecule has 0 aliphatic carbocycles. The average molecular weight is 252 g/mol. The minimum atomic E-state index is -0.177. The number of benzene rings is 1. The van der Waals surface area contributed by atoms with Gasteiger partial charge < -0.3 is 5.11 Å². The Morgan fingerprint density at radius 2 is 1.67 bits per heavy atom. The zero-order valence-corrected chi connectivity index (χ0v) is 10.7. The highest BCUT2D eigenvalue weighted by molar-refractivity contribution is 5.15. The van der Waals surface area contributed by atoms with E-state index < -0.39 is 0 Å². The van der Waals surface area contributed by atoms with Crippen molar-refractivity contribution in [1.82, 2.24) is 9.80 Å². The van der Waals surface area contributed by atoms with Crippen molar-refractivity contribution in [1.29, 1.82) is 0 Å². The van der Waals surface area contributed by atoms with Crippen LogP contribution in [0.1, 0.15) is 12.0 Å². The normalized spacial score (nSPS) is 18.8. The number of rotatable bonds is 4. The van der Waals surface area contributed by atoms with E-state index >= 15 is 0 Å². The summed E-state index contributed by atoms with van der Waals surface area (Å²) in [6.07, 6.45) is 1.13. The molecular formula is C14H21FN2O. The van der Waals surface area contributed by atoms with E-state index in [9.17, 15) is 4.39 Å². The number of hydrogen-bond donors (Lipinski definition) is 1. The van der Waals surface area contributed by atoms with Gasteiger partial charge in [-0.3, -0.25) is 9.80 Å². The first-order valence-electron chi connectivity index (χ1n) is 6.58. The van der Waals surface area contributed by atoms with Crippen LogP contribution in [-0.2, 0) is 6.54 Å². The van der Waals surface area contributed by atoms with Gasteiger partial charge in [0.1, 0.15) is 5.82 Å². The van der Waals surface area contributed by atoms with Gasteiger partial charge in [0.05, 0.1) is 6.61 Å². The van der Waals surface area contributed by atoms with E-state index in [0.717, 1.165) is 51.3 Å². The maximum Gasteiger partial charge on any atom is 0.123 e. The van der Waals surface area contributed by atoms with Crippen LogP contribution in [0.2, 0.25) is 0 Å². The second kappa shape index (κ2) is 6.83. The molecule has 0 radical (unpaired) electrons. The molecule has 1 N–H and O–H groups in total. The number of aliphatic hydroxyl groups is 1. The van der Waals surface area contributed by atoms with E-state index in [1.807, 2.05) is 12.1 Å². The van der Waals surface area contributed by atoms with Crippen LogP contribution >= 0.6 is 0 Å². The standard InChI is InChI=1S/C14H21FN2O/c15-14-4-2-13(3-5-14)12-17-7-1-6-16(8-9-17)10-11-18/h2-5,18H,1,6-12H2. The average Bonchev–Trinajstić information content (AvgIpc) is 2.59. The molecular weight excluding hydrogens is 231 g/mol. The maximum atomic E-state index is 12.8. The quantitative estimate of drug-likeness (QED) is 0.875. The van der Waals surface area contributed by atoms with Crippen molar-refractivity contribution in [2.75, 3.05) is 39.3 Å². The number of nitrogens with zero attached hydrogens (tertiary/aromatic N) is 2. The molecule has 1 aromatic rings. The summed E-state index contributed by atoms with van der Waals surface area (Å²) < 4.78 is 12.8. The van der Waals surface area contributed by atoms with E-state index in [4.69, 9.17) is 5.11 Å². The van der Waals surface area contributed by atoms with Gasteiger partial charge in [0.2, 0.25) is 0 Å². The van der Waals surface area contributed by atoms with Gasteiger partial charge in [-0.05, 0) is 37.2 Å². The second-order valence-electron chi connectivity index (χ2n) is 4.82. The van der Waals surface area contributed by atoms with E-state index in [2.05, 4.69) is 9.80 Å². The van der Waals surface area contributed by atoms with Gasteiger partial charge in [-0.25, -0.2) is 4.39 Å². The first-order valence-corrected chi connectivity index (χ1v) is 6.58. The molecule has 100 valence electrons. The summed E-state index contributed by atoms with van der Waals surface area (Å²) in [5.41, 5.74) is 1.16. The molecule has 0 atom stereocenters. The number of halogens is 1. The third-order valence-corrected chi connectivity index (χ3v) is 3.42. The van der Waals surface area contributed by atoms with Crippen molar-refractivity contribution in [3.8, 4) is 0 Å². The van der Waals surface area contributed by atoms with Crippen LogP contribution in [0.15, 0.2) is 24.3 Å². The van der Waals surface area contributed by atoms with Gasteiger partial charge in [0.15, 0.2) is 0 Å². The summed E-state index contributed by atoms with van der Waals surface area (Å²) in [5.74, 6) is -0.177. The molecule has 1 aliphatic rings. The Hall–Kier alpha value is -0.970. The Bertz CT molecular complexity index is 355. The summed E-state index contributed by atoms with van der Waals surface area (Å²) in [5, 5.41) is 8.95. The molecule has 3 nitrogen and oxygen atoms in total. The van der Waals surface area contributed by atoms with Gasteiger partial charge in [-0.2, -0.15) is 0 Å². The monoisotopic (exact) mass is 252 g/mol. The lowest BCUT2D eigenvalue weighted by molar-refractivity contribution is 0.196. The van der Waals surface area contributed by atoms with Crippen LogP contribution < -0.4 is 0 Å². The summed E-state index contributed by atoms with van der Waals surface area (Å²) in [4.78, 5) is 4.69. The van der Waals surface area contributed by atoms with E-state index in [0.29, 0.717) is 0 Å². The summed E-state index contributed by atoms with van der Waals surface area (Å²) in [6.45, 7) is 6.02. The minimum Gasteiger partial charge on any atom is -0.395 e. The first-order chi connectivity index (χ1) is 8.78. The summed E-state index contributed by atoms with van der Waals surface area (Å²) >= 11 is 0. The third-order valence-electron chi connectivity index (χ3n) is 3.42. The molecule has 0 saturated carbocycles. The lowest BCUT2D eigenvalue weighted by Gasteiger charge is -2.21. The maximum absolute atomic E-state index is 12.8. The summed E-state index contributed by atoms with van der Waals surface area (Å²) in [7, 11) is 0. The topological polar surface area (TPSA) is 26.7 Å². The van der Waals surface area contributed by atoms with Gasteiger partial charge in [0.25, 0.3) is 0 Å². The zero-order valence-electron chi connectivity index (χ0n) is 10.7. The molecule has 2 rings (SSSR count). The van der Waals surface area contributed by atoms with Crippen LogP contribution in [-0.4, -0.2) is 54.2 Å². The molecule has 0 aromatic heterocycles. The van der Waals surface area contributed by atoms with Crippen molar-refractivity contribution in [2.24, 2.45) is 0 Å². The van der Waals surface area contributed by atoms with E-state index in [1.165, 1.54) is 12.1 Å². The van der Waals surface area contributed by atoms with Crippen LogP contribution in [0.4, 0.5) is 4.39 Å². The molecule has 0 amide bonds. The van der Waals surface area contributed by atoms with Crippen molar-refractivity contribution >= 4 is 0 Å². The van der Waals surface area contributed by atoms with E-state index in [-0.39, 0.29) is 12.4 Å². The van der Waals surface area contributed by atoms with Crippen molar-refractivity contribution in [3.05, 3.63) is 35.6 Å². The zero-order chi connectivity index (χ0) is 12.8. The largest absolute Gasteiger partial charge is 0.395 e. The second-order valence-corrected chi connectivity index (χ2v) is 4.82. The molecule has 4 heteroatoms. The van der Waals surface area contributed by atoms with E-state index in [1.54, 1.807) is 0 Å². The number of hydrogen-bond acceptors (Lipinski definition) is 3. The number of aliphatic hydroxyl groups excluding tert-OH is 1. The minimum absolute atomic E-state index is 0.177. The lowest BCUT2D eigenvalue weighted by Crippen LogP contribution is -2.32. The molecule has 18 heavy (non-hydrogen) atoms. The van der Waals surface area contributed by atoms with Crippen LogP contribution in [0.25, 0.3) is 0 Å². The Morgan fingerprint density at radius 1 is 1.00 bits per heavy atom. The fraction of sp³-hybridized carbons (Fsp3) is 0.571. The smallest absolute Gasteiger partial charge is 0.123 e. The molecule has 1 fully saturated rings. The van der Waals surface area contributed by atoms with Gasteiger partial charge in [-0.1, -0.05) is 12.1 Å². The molecule has 1 aromatic carbocycles. The highest BCUT2D eigenvalue weighted by Crippen LogP contribution is 2.09. The van der Waals surface area contributed by atoms with Gasteiger partial charge in [-0.15, -0.1) is 0 Å². The molecule has 1 saturated heterocycles. The fourth-order valence-electron chi connectivity index (χ4n) is 2.40. The van der Waals surface area contributed by atoms with Crippen molar-refractivity contribution in [2.45, 2.75) is 13.0 Å². The van der Waals surface area contributed by atoms with Crippen molar-refractivity contribution < 1.29 is 9.50 Å². The predicted molar refractivity (Wildman–Crippen MR) is 69.8 cm³/mol. The Kier molecular flexibility index (Phi) is 5.11.